The zero-order valence-corrected chi connectivity index (χ0v) is 10.3. The molecule has 1 aromatic carbocycles. The summed E-state index contributed by atoms with van der Waals surface area (Å²) in [5.74, 6) is 0.940. The number of aromatic hydroxyl groups is 1. The van der Waals surface area contributed by atoms with Gasteiger partial charge in [-0.1, -0.05) is 11.6 Å². The van der Waals surface area contributed by atoms with E-state index in [2.05, 4.69) is 5.32 Å². The minimum atomic E-state index is 0.343. The molecular weight excluding hydrogens is 222 g/mol. The summed E-state index contributed by atoms with van der Waals surface area (Å²) in [7, 11) is 0. The van der Waals surface area contributed by atoms with Gasteiger partial charge in [-0.05, 0) is 62.9 Å². The summed E-state index contributed by atoms with van der Waals surface area (Å²) in [4.78, 5) is 0. The number of aryl methyl sites for hydroxylation is 1. The van der Waals surface area contributed by atoms with Crippen molar-refractivity contribution < 1.29 is 5.11 Å². The first kappa shape index (κ1) is 11.7. The number of halogens is 1. The predicted molar refractivity (Wildman–Crippen MR) is 67.2 cm³/mol. The van der Waals surface area contributed by atoms with Crippen molar-refractivity contribution in [1.29, 1.82) is 0 Å². The Labute approximate surface area is 102 Å². The van der Waals surface area contributed by atoms with Gasteiger partial charge < -0.3 is 10.4 Å². The van der Waals surface area contributed by atoms with Crippen molar-refractivity contribution in [2.45, 2.75) is 26.2 Å². The quantitative estimate of drug-likeness (QED) is 0.832. The molecule has 1 unspecified atom stereocenters. The number of rotatable bonds is 2. The van der Waals surface area contributed by atoms with E-state index in [0.29, 0.717) is 16.7 Å². The summed E-state index contributed by atoms with van der Waals surface area (Å²) in [5, 5.41) is 14.0. The Bertz CT molecular complexity index is 349. The maximum atomic E-state index is 9.90. The van der Waals surface area contributed by atoms with Crippen molar-refractivity contribution in [3.8, 4) is 5.75 Å². The monoisotopic (exact) mass is 239 g/mol. The SMILES string of the molecule is Cc1cc(O)c(CC2CCCNC2)c(Cl)c1. The summed E-state index contributed by atoms with van der Waals surface area (Å²) in [6, 6.07) is 3.71. The second-order valence-electron chi connectivity index (χ2n) is 4.66. The molecule has 88 valence electrons. The van der Waals surface area contributed by atoms with Crippen LogP contribution in [0.2, 0.25) is 5.02 Å². The second kappa shape index (κ2) is 5.07. The Morgan fingerprint density at radius 2 is 2.31 bits per heavy atom. The normalized spacial score (nSPS) is 21.0. The first-order valence-corrected chi connectivity index (χ1v) is 6.23. The summed E-state index contributed by atoms with van der Waals surface area (Å²) in [6.07, 6.45) is 3.31. The van der Waals surface area contributed by atoms with Crippen molar-refractivity contribution in [1.82, 2.24) is 5.32 Å². The molecule has 3 heteroatoms. The molecule has 0 radical (unpaired) electrons. The van der Waals surface area contributed by atoms with Crippen molar-refractivity contribution in [2.75, 3.05) is 13.1 Å². The summed E-state index contributed by atoms with van der Waals surface area (Å²) >= 11 is 6.17. The van der Waals surface area contributed by atoms with Crippen molar-refractivity contribution in [3.05, 3.63) is 28.3 Å². The minimum Gasteiger partial charge on any atom is -0.508 e. The molecule has 1 heterocycles. The Kier molecular flexibility index (Phi) is 3.72. The summed E-state index contributed by atoms with van der Waals surface area (Å²) in [6.45, 7) is 4.09. The van der Waals surface area contributed by atoms with Gasteiger partial charge in [-0.3, -0.25) is 0 Å². The number of nitrogens with one attached hydrogen (secondary N) is 1. The molecule has 1 aliphatic heterocycles. The van der Waals surface area contributed by atoms with E-state index in [4.69, 9.17) is 11.6 Å². The van der Waals surface area contributed by atoms with Gasteiger partial charge in [-0.25, -0.2) is 0 Å². The Morgan fingerprint density at radius 1 is 1.50 bits per heavy atom. The van der Waals surface area contributed by atoms with E-state index < -0.39 is 0 Å². The molecule has 0 saturated carbocycles. The molecule has 0 bridgehead atoms. The molecule has 1 fully saturated rings. The highest BCUT2D eigenvalue weighted by Crippen LogP contribution is 2.31. The largest absolute Gasteiger partial charge is 0.508 e. The van der Waals surface area contributed by atoms with Crippen LogP contribution >= 0.6 is 11.6 Å². The molecule has 2 N–H and O–H groups in total. The number of piperidine rings is 1. The highest BCUT2D eigenvalue weighted by atomic mass is 35.5. The summed E-state index contributed by atoms with van der Waals surface area (Å²) in [5.41, 5.74) is 1.91. The zero-order valence-electron chi connectivity index (χ0n) is 9.59. The van der Waals surface area contributed by atoms with Gasteiger partial charge in [0.25, 0.3) is 0 Å². The van der Waals surface area contributed by atoms with Gasteiger partial charge in [0.05, 0.1) is 0 Å². The lowest BCUT2D eigenvalue weighted by Crippen LogP contribution is -2.30. The average Bonchev–Trinajstić information content (AvgIpc) is 2.25. The van der Waals surface area contributed by atoms with E-state index in [9.17, 15) is 5.11 Å². The third-order valence-corrected chi connectivity index (χ3v) is 3.55. The van der Waals surface area contributed by atoms with Gasteiger partial charge in [0, 0.05) is 10.6 Å². The van der Waals surface area contributed by atoms with Gasteiger partial charge in [0.2, 0.25) is 0 Å². The van der Waals surface area contributed by atoms with Crippen LogP contribution in [0.25, 0.3) is 0 Å². The maximum Gasteiger partial charge on any atom is 0.120 e. The summed E-state index contributed by atoms with van der Waals surface area (Å²) < 4.78 is 0. The van der Waals surface area contributed by atoms with E-state index in [1.807, 2.05) is 13.0 Å². The van der Waals surface area contributed by atoms with Crippen molar-refractivity contribution >= 4 is 11.6 Å². The van der Waals surface area contributed by atoms with Gasteiger partial charge in [0.1, 0.15) is 5.75 Å². The third kappa shape index (κ3) is 2.69. The number of benzene rings is 1. The number of phenolic OH excluding ortho intramolecular Hbond substituents is 1. The highest BCUT2D eigenvalue weighted by Gasteiger charge is 2.17. The van der Waals surface area contributed by atoms with Crippen molar-refractivity contribution in [3.63, 3.8) is 0 Å². The third-order valence-electron chi connectivity index (χ3n) is 3.21. The average molecular weight is 240 g/mol. The van der Waals surface area contributed by atoms with Crippen LogP contribution in [-0.2, 0) is 6.42 Å². The van der Waals surface area contributed by atoms with Gasteiger partial charge >= 0.3 is 0 Å². The van der Waals surface area contributed by atoms with E-state index in [1.54, 1.807) is 6.07 Å². The number of hydrogen-bond acceptors (Lipinski definition) is 2. The fourth-order valence-corrected chi connectivity index (χ4v) is 2.69. The van der Waals surface area contributed by atoms with E-state index in [-0.39, 0.29) is 0 Å². The molecule has 0 amide bonds. The predicted octanol–water partition coefficient (Wildman–Crippen LogP) is 2.90. The Balaban J connectivity index is 2.14. The minimum absolute atomic E-state index is 0.343. The lowest BCUT2D eigenvalue weighted by Gasteiger charge is -2.23. The first-order valence-electron chi connectivity index (χ1n) is 5.85. The molecular formula is C13H18ClNO. The fourth-order valence-electron chi connectivity index (χ4n) is 2.34. The molecule has 0 aromatic heterocycles. The molecule has 2 rings (SSSR count). The lowest BCUT2D eigenvalue weighted by atomic mass is 9.91. The molecule has 1 aliphatic rings. The van der Waals surface area contributed by atoms with Gasteiger partial charge in [0.15, 0.2) is 0 Å². The Hall–Kier alpha value is -0.730. The smallest absolute Gasteiger partial charge is 0.120 e. The van der Waals surface area contributed by atoms with Crippen LogP contribution in [-0.4, -0.2) is 18.2 Å². The molecule has 16 heavy (non-hydrogen) atoms. The fraction of sp³-hybridized carbons (Fsp3) is 0.538. The van der Waals surface area contributed by atoms with Gasteiger partial charge in [-0.2, -0.15) is 0 Å². The zero-order chi connectivity index (χ0) is 11.5. The van der Waals surface area contributed by atoms with Crippen LogP contribution in [0.15, 0.2) is 12.1 Å². The lowest BCUT2D eigenvalue weighted by molar-refractivity contribution is 0.370. The second-order valence-corrected chi connectivity index (χ2v) is 5.07. The molecule has 0 aliphatic carbocycles. The van der Waals surface area contributed by atoms with Gasteiger partial charge in [-0.15, -0.1) is 0 Å². The van der Waals surface area contributed by atoms with E-state index >= 15 is 0 Å². The maximum absolute atomic E-state index is 9.90. The van der Waals surface area contributed by atoms with Crippen molar-refractivity contribution in [2.24, 2.45) is 5.92 Å². The van der Waals surface area contributed by atoms with Crippen LogP contribution in [0.3, 0.4) is 0 Å². The van der Waals surface area contributed by atoms with Crippen LogP contribution < -0.4 is 5.32 Å². The molecule has 1 saturated heterocycles. The van der Waals surface area contributed by atoms with Crippen LogP contribution in [0.5, 0.6) is 5.75 Å². The molecule has 1 atom stereocenters. The topological polar surface area (TPSA) is 32.3 Å². The highest BCUT2D eigenvalue weighted by molar-refractivity contribution is 6.31. The first-order chi connectivity index (χ1) is 7.66. The Morgan fingerprint density at radius 3 is 2.94 bits per heavy atom. The standard InChI is InChI=1S/C13H18ClNO/c1-9-5-12(14)11(13(16)6-9)7-10-3-2-4-15-8-10/h5-6,10,15-16H,2-4,7-8H2,1H3. The van der Waals surface area contributed by atoms with Crippen LogP contribution in [0.4, 0.5) is 0 Å². The van der Waals surface area contributed by atoms with Crippen LogP contribution in [0.1, 0.15) is 24.0 Å². The molecule has 2 nitrogen and oxygen atoms in total. The number of hydrogen-bond donors (Lipinski definition) is 2. The molecule has 0 spiro atoms. The van der Waals surface area contributed by atoms with Crippen LogP contribution in [0, 0.1) is 12.8 Å². The van der Waals surface area contributed by atoms with E-state index in [1.165, 1.54) is 12.8 Å². The van der Waals surface area contributed by atoms with E-state index in [0.717, 1.165) is 30.6 Å². The molecule has 1 aromatic rings. The number of phenols is 1.